The molecule has 0 bridgehead atoms. The zero-order valence-electron chi connectivity index (χ0n) is 5.59. The standard InChI is InChI=1S/C5H8N4S/c1-2-3-7-4(6)9-5(10)8-3/h2H2,1H3,(H3,6,7,8,9,10). The van der Waals surface area contributed by atoms with Crippen molar-refractivity contribution in [3.63, 3.8) is 0 Å². The van der Waals surface area contributed by atoms with E-state index in [1.54, 1.807) is 0 Å². The van der Waals surface area contributed by atoms with Gasteiger partial charge in [0.15, 0.2) is 0 Å². The lowest BCUT2D eigenvalue weighted by atomic mass is 10.5. The number of aromatic nitrogens is 3. The third-order valence-corrected chi connectivity index (χ3v) is 1.24. The highest BCUT2D eigenvalue weighted by Gasteiger charge is 1.92. The first-order valence-corrected chi connectivity index (χ1v) is 3.36. The molecule has 0 fully saturated rings. The molecule has 0 aliphatic carbocycles. The van der Waals surface area contributed by atoms with Crippen molar-refractivity contribution in [2.75, 3.05) is 5.73 Å². The summed E-state index contributed by atoms with van der Waals surface area (Å²) < 4.78 is 0.299. The molecule has 1 heterocycles. The number of anilines is 1. The monoisotopic (exact) mass is 156 g/mol. The molecular formula is C5H8N4S. The van der Waals surface area contributed by atoms with Crippen LogP contribution in [-0.4, -0.2) is 15.0 Å². The van der Waals surface area contributed by atoms with Crippen LogP contribution in [0, 0.1) is 4.77 Å². The maximum absolute atomic E-state index is 5.36. The molecule has 0 spiro atoms. The molecule has 0 atom stereocenters. The molecule has 0 saturated heterocycles. The number of aromatic amines is 1. The van der Waals surface area contributed by atoms with Crippen LogP contribution in [0.4, 0.5) is 5.95 Å². The number of nitrogens with zero attached hydrogens (tertiary/aromatic N) is 2. The summed E-state index contributed by atoms with van der Waals surface area (Å²) in [6.45, 7) is 1.97. The summed E-state index contributed by atoms with van der Waals surface area (Å²) in [5.74, 6) is 1.11. The summed E-state index contributed by atoms with van der Waals surface area (Å²) in [5.41, 5.74) is 5.36. The molecule has 4 nitrogen and oxygen atoms in total. The number of nitrogens with one attached hydrogen (secondary N) is 1. The fourth-order valence-electron chi connectivity index (χ4n) is 0.615. The van der Waals surface area contributed by atoms with Crippen molar-refractivity contribution in [3.8, 4) is 0 Å². The van der Waals surface area contributed by atoms with E-state index in [-0.39, 0.29) is 0 Å². The zero-order valence-corrected chi connectivity index (χ0v) is 6.40. The average molecular weight is 156 g/mol. The Morgan fingerprint density at radius 1 is 1.60 bits per heavy atom. The molecule has 0 aliphatic rings. The van der Waals surface area contributed by atoms with Gasteiger partial charge in [0.05, 0.1) is 0 Å². The van der Waals surface area contributed by atoms with Gasteiger partial charge in [0.2, 0.25) is 10.7 Å². The Balaban J connectivity index is 3.19. The van der Waals surface area contributed by atoms with Gasteiger partial charge in [0, 0.05) is 6.42 Å². The van der Waals surface area contributed by atoms with Gasteiger partial charge in [0.25, 0.3) is 0 Å². The number of rotatable bonds is 1. The minimum absolute atomic E-state index is 0.299. The largest absolute Gasteiger partial charge is 0.369 e. The molecule has 10 heavy (non-hydrogen) atoms. The van der Waals surface area contributed by atoms with Gasteiger partial charge in [-0.25, -0.2) is 4.98 Å². The van der Waals surface area contributed by atoms with Crippen LogP contribution < -0.4 is 5.73 Å². The van der Waals surface area contributed by atoms with Gasteiger partial charge in [-0.2, -0.15) is 4.98 Å². The summed E-state index contributed by atoms with van der Waals surface area (Å²) in [6.07, 6.45) is 0.788. The SMILES string of the molecule is CCc1nc(=S)nc(N)[nH]1. The van der Waals surface area contributed by atoms with Gasteiger partial charge < -0.3 is 10.7 Å². The Morgan fingerprint density at radius 3 is 2.80 bits per heavy atom. The lowest BCUT2D eigenvalue weighted by molar-refractivity contribution is 0.895. The fourth-order valence-corrected chi connectivity index (χ4v) is 0.823. The average Bonchev–Trinajstić information content (AvgIpc) is 1.85. The van der Waals surface area contributed by atoms with Crippen LogP contribution in [0.25, 0.3) is 0 Å². The van der Waals surface area contributed by atoms with Crippen LogP contribution in [0.1, 0.15) is 12.7 Å². The quantitative estimate of drug-likeness (QED) is 0.587. The first-order valence-electron chi connectivity index (χ1n) is 2.95. The number of hydrogen-bond donors (Lipinski definition) is 2. The van der Waals surface area contributed by atoms with Gasteiger partial charge in [-0.05, 0) is 12.2 Å². The highest BCUT2D eigenvalue weighted by molar-refractivity contribution is 7.71. The molecule has 0 aliphatic heterocycles. The van der Waals surface area contributed by atoms with Crippen molar-refractivity contribution in [1.29, 1.82) is 0 Å². The second kappa shape index (κ2) is 2.74. The van der Waals surface area contributed by atoms with Crippen molar-refractivity contribution >= 4 is 18.2 Å². The van der Waals surface area contributed by atoms with Crippen LogP contribution in [0.3, 0.4) is 0 Å². The Hall–Kier alpha value is -0.970. The highest BCUT2D eigenvalue weighted by Crippen LogP contribution is 1.93. The van der Waals surface area contributed by atoms with E-state index in [9.17, 15) is 0 Å². The van der Waals surface area contributed by atoms with Crippen LogP contribution >= 0.6 is 12.2 Å². The first kappa shape index (κ1) is 7.14. The predicted molar refractivity (Wildman–Crippen MR) is 41.0 cm³/mol. The molecule has 1 aromatic heterocycles. The Labute approximate surface area is 63.5 Å². The number of aryl methyl sites for hydroxylation is 1. The molecule has 1 aromatic rings. The molecule has 0 unspecified atom stereocenters. The maximum Gasteiger partial charge on any atom is 0.224 e. The Kier molecular flexibility index (Phi) is 1.96. The molecule has 3 N–H and O–H groups in total. The smallest absolute Gasteiger partial charge is 0.224 e. The predicted octanol–water partition coefficient (Wildman–Crippen LogP) is 0.679. The number of nitrogen functional groups attached to an aromatic ring is 1. The molecule has 54 valence electrons. The normalized spacial score (nSPS) is 9.70. The van der Waals surface area contributed by atoms with Crippen molar-refractivity contribution < 1.29 is 0 Å². The van der Waals surface area contributed by atoms with Crippen LogP contribution in [0.2, 0.25) is 0 Å². The van der Waals surface area contributed by atoms with E-state index in [0.717, 1.165) is 12.2 Å². The molecular weight excluding hydrogens is 148 g/mol. The van der Waals surface area contributed by atoms with Gasteiger partial charge in [-0.1, -0.05) is 6.92 Å². The second-order valence-corrected chi connectivity index (χ2v) is 2.18. The molecule has 1 rings (SSSR count). The van der Waals surface area contributed by atoms with Gasteiger partial charge in [-0.15, -0.1) is 0 Å². The molecule has 0 radical (unpaired) electrons. The zero-order chi connectivity index (χ0) is 7.56. The third kappa shape index (κ3) is 1.51. The summed E-state index contributed by atoms with van der Waals surface area (Å²) >= 11 is 4.73. The van der Waals surface area contributed by atoms with E-state index < -0.39 is 0 Å². The Morgan fingerprint density at radius 2 is 2.30 bits per heavy atom. The van der Waals surface area contributed by atoms with E-state index in [2.05, 4.69) is 15.0 Å². The molecule has 0 saturated carbocycles. The van der Waals surface area contributed by atoms with Crippen molar-refractivity contribution in [2.24, 2.45) is 0 Å². The lowest BCUT2D eigenvalue weighted by Gasteiger charge is -1.95. The minimum atomic E-state index is 0.299. The van der Waals surface area contributed by atoms with E-state index in [1.807, 2.05) is 6.92 Å². The van der Waals surface area contributed by atoms with Gasteiger partial charge >= 0.3 is 0 Å². The number of nitrogens with two attached hydrogens (primary N) is 1. The van der Waals surface area contributed by atoms with E-state index in [1.165, 1.54) is 0 Å². The molecule has 0 aromatic carbocycles. The first-order chi connectivity index (χ1) is 4.72. The minimum Gasteiger partial charge on any atom is -0.369 e. The van der Waals surface area contributed by atoms with Gasteiger partial charge in [0.1, 0.15) is 5.82 Å². The fraction of sp³-hybridized carbons (Fsp3) is 0.400. The number of H-pyrrole nitrogens is 1. The number of hydrogen-bond acceptors (Lipinski definition) is 4. The highest BCUT2D eigenvalue weighted by atomic mass is 32.1. The van der Waals surface area contributed by atoms with E-state index in [4.69, 9.17) is 18.0 Å². The van der Waals surface area contributed by atoms with E-state index in [0.29, 0.717) is 10.7 Å². The molecule has 0 amide bonds. The van der Waals surface area contributed by atoms with Crippen molar-refractivity contribution in [3.05, 3.63) is 10.6 Å². The van der Waals surface area contributed by atoms with Crippen LogP contribution in [0.5, 0.6) is 0 Å². The topological polar surface area (TPSA) is 67.6 Å². The van der Waals surface area contributed by atoms with Gasteiger partial charge in [-0.3, -0.25) is 0 Å². The van der Waals surface area contributed by atoms with Crippen LogP contribution in [0.15, 0.2) is 0 Å². The Bertz CT molecular complexity index is 279. The summed E-state index contributed by atoms with van der Waals surface area (Å²) in [5, 5.41) is 0. The van der Waals surface area contributed by atoms with Crippen molar-refractivity contribution in [1.82, 2.24) is 15.0 Å². The second-order valence-electron chi connectivity index (χ2n) is 1.82. The lowest BCUT2D eigenvalue weighted by Crippen LogP contribution is -2.01. The van der Waals surface area contributed by atoms with E-state index >= 15 is 0 Å². The third-order valence-electron chi connectivity index (χ3n) is 1.05. The summed E-state index contributed by atoms with van der Waals surface area (Å²) in [6, 6.07) is 0. The van der Waals surface area contributed by atoms with Crippen molar-refractivity contribution in [2.45, 2.75) is 13.3 Å². The molecule has 5 heteroatoms. The van der Waals surface area contributed by atoms with Crippen LogP contribution in [-0.2, 0) is 6.42 Å². The maximum atomic E-state index is 5.36. The summed E-state index contributed by atoms with van der Waals surface area (Å²) in [4.78, 5) is 10.4. The summed E-state index contributed by atoms with van der Waals surface area (Å²) in [7, 11) is 0.